The van der Waals surface area contributed by atoms with Crippen molar-refractivity contribution in [2.45, 2.75) is 31.6 Å². The van der Waals surface area contributed by atoms with Gasteiger partial charge in [-0.05, 0) is 12.8 Å². The number of nitrogens with zero attached hydrogens (tertiary/aromatic N) is 2. The van der Waals surface area contributed by atoms with Crippen molar-refractivity contribution in [3.8, 4) is 0 Å². The largest absolute Gasteiger partial charge is 0.469 e. The van der Waals surface area contributed by atoms with E-state index in [-0.39, 0.29) is 24.7 Å². The average molecular weight is 310 g/mol. The molecule has 7 heteroatoms. The van der Waals surface area contributed by atoms with Gasteiger partial charge in [0.2, 0.25) is 5.91 Å². The van der Waals surface area contributed by atoms with Gasteiger partial charge in [0, 0.05) is 30.8 Å². The Morgan fingerprint density at radius 1 is 1.43 bits per heavy atom. The van der Waals surface area contributed by atoms with Crippen LogP contribution in [0.1, 0.15) is 47.1 Å². The summed E-state index contributed by atoms with van der Waals surface area (Å²) in [5, 5.41) is 2.73. The fraction of sp³-hybridized carbons (Fsp3) is 0.571. The van der Waals surface area contributed by atoms with Crippen molar-refractivity contribution in [3.05, 3.63) is 16.1 Å². The van der Waals surface area contributed by atoms with Gasteiger partial charge in [-0.3, -0.25) is 14.4 Å². The second-order valence-electron chi connectivity index (χ2n) is 4.96. The zero-order chi connectivity index (χ0) is 15.2. The van der Waals surface area contributed by atoms with E-state index in [0.29, 0.717) is 24.7 Å². The fourth-order valence-electron chi connectivity index (χ4n) is 2.39. The third kappa shape index (κ3) is 4.10. The van der Waals surface area contributed by atoms with Gasteiger partial charge in [0.05, 0.1) is 18.5 Å². The number of carbonyl (C=O) groups excluding carboxylic acids is 3. The molecule has 6 nitrogen and oxygen atoms in total. The monoisotopic (exact) mass is 310 g/mol. The molecule has 0 spiro atoms. The molecule has 114 valence electrons. The van der Waals surface area contributed by atoms with E-state index in [9.17, 15) is 14.4 Å². The Morgan fingerprint density at radius 3 is 2.71 bits per heavy atom. The van der Waals surface area contributed by atoms with Crippen LogP contribution >= 0.6 is 11.3 Å². The lowest BCUT2D eigenvalue weighted by Crippen LogP contribution is -2.38. The van der Waals surface area contributed by atoms with E-state index in [2.05, 4.69) is 9.72 Å². The quantitative estimate of drug-likeness (QED) is 0.610. The number of carbonyl (C=O) groups is 3. The Morgan fingerprint density at radius 2 is 2.14 bits per heavy atom. The number of aldehydes is 1. The van der Waals surface area contributed by atoms with Crippen LogP contribution in [0.5, 0.6) is 0 Å². The van der Waals surface area contributed by atoms with Crippen LogP contribution in [0.3, 0.4) is 0 Å². The molecule has 21 heavy (non-hydrogen) atoms. The van der Waals surface area contributed by atoms with Crippen LogP contribution in [0.25, 0.3) is 0 Å². The summed E-state index contributed by atoms with van der Waals surface area (Å²) >= 11 is 1.50. The molecule has 2 heterocycles. The number of methoxy groups -OCH3 is 1. The van der Waals surface area contributed by atoms with Gasteiger partial charge in [0.1, 0.15) is 5.69 Å². The van der Waals surface area contributed by atoms with E-state index in [1.807, 2.05) is 0 Å². The molecule has 1 aromatic heterocycles. The molecule has 0 bridgehead atoms. The second kappa shape index (κ2) is 7.31. The van der Waals surface area contributed by atoms with Crippen LogP contribution in [0.15, 0.2) is 5.38 Å². The predicted octanol–water partition coefficient (Wildman–Crippen LogP) is 1.61. The number of piperidine rings is 1. The number of amides is 1. The lowest BCUT2D eigenvalue weighted by Gasteiger charge is -2.31. The molecule has 1 aromatic rings. The van der Waals surface area contributed by atoms with E-state index in [1.165, 1.54) is 18.4 Å². The van der Waals surface area contributed by atoms with Gasteiger partial charge < -0.3 is 9.64 Å². The lowest BCUT2D eigenvalue weighted by molar-refractivity contribution is -0.143. The highest BCUT2D eigenvalue weighted by molar-refractivity contribution is 7.09. The molecule has 0 radical (unpaired) electrons. The molecule has 1 amide bonds. The summed E-state index contributed by atoms with van der Waals surface area (Å²) in [6.45, 7) is 1.33. The van der Waals surface area contributed by atoms with Gasteiger partial charge in [-0.1, -0.05) is 0 Å². The van der Waals surface area contributed by atoms with Gasteiger partial charge in [0.25, 0.3) is 0 Å². The van der Waals surface area contributed by atoms with E-state index >= 15 is 0 Å². The standard InChI is InChI=1S/C14H18N2O4S/c1-20-13(19)3-2-12(18)16-6-4-10(5-7-16)14-15-11(8-17)9-21-14/h8-10H,2-7H2,1H3. The minimum atomic E-state index is -0.359. The first-order chi connectivity index (χ1) is 10.1. The topological polar surface area (TPSA) is 76.6 Å². The zero-order valence-corrected chi connectivity index (χ0v) is 12.7. The van der Waals surface area contributed by atoms with Crippen LogP contribution in [-0.4, -0.2) is 48.2 Å². The van der Waals surface area contributed by atoms with Gasteiger partial charge in [-0.25, -0.2) is 4.98 Å². The highest BCUT2D eigenvalue weighted by Crippen LogP contribution is 2.30. The van der Waals surface area contributed by atoms with E-state index in [1.54, 1.807) is 10.3 Å². The number of aromatic nitrogens is 1. The number of esters is 1. The predicted molar refractivity (Wildman–Crippen MR) is 77.3 cm³/mol. The number of rotatable bonds is 5. The molecule has 2 rings (SSSR count). The van der Waals surface area contributed by atoms with Crippen LogP contribution in [0.4, 0.5) is 0 Å². The SMILES string of the molecule is COC(=O)CCC(=O)N1CCC(c2nc(C=O)cs2)CC1. The molecule has 0 unspecified atom stereocenters. The highest BCUT2D eigenvalue weighted by Gasteiger charge is 2.25. The summed E-state index contributed by atoms with van der Waals surface area (Å²) in [6, 6.07) is 0. The van der Waals surface area contributed by atoms with Gasteiger partial charge >= 0.3 is 5.97 Å². The Kier molecular flexibility index (Phi) is 5.44. The summed E-state index contributed by atoms with van der Waals surface area (Å²) in [5.74, 6) is -0.0534. The first-order valence-corrected chi connectivity index (χ1v) is 7.77. The van der Waals surface area contributed by atoms with Crippen molar-refractivity contribution in [2.24, 2.45) is 0 Å². The highest BCUT2D eigenvalue weighted by atomic mass is 32.1. The maximum Gasteiger partial charge on any atom is 0.306 e. The summed E-state index contributed by atoms with van der Waals surface area (Å²) in [5.41, 5.74) is 0.478. The third-order valence-corrected chi connectivity index (χ3v) is 4.65. The van der Waals surface area contributed by atoms with Gasteiger partial charge in [-0.15, -0.1) is 11.3 Å². The average Bonchev–Trinajstić information content (AvgIpc) is 3.01. The van der Waals surface area contributed by atoms with Crippen molar-refractivity contribution in [3.63, 3.8) is 0 Å². The molecule has 0 atom stereocenters. The van der Waals surface area contributed by atoms with Gasteiger partial charge in [-0.2, -0.15) is 0 Å². The number of thiazole rings is 1. The Balaban J connectivity index is 1.81. The maximum absolute atomic E-state index is 12.0. The summed E-state index contributed by atoms with van der Waals surface area (Å²) in [6.07, 6.45) is 2.77. The van der Waals surface area contributed by atoms with Gasteiger partial charge in [0.15, 0.2) is 6.29 Å². The number of ether oxygens (including phenoxy) is 1. The van der Waals surface area contributed by atoms with Crippen LogP contribution < -0.4 is 0 Å². The number of hydrogen-bond acceptors (Lipinski definition) is 6. The second-order valence-corrected chi connectivity index (χ2v) is 5.85. The first kappa shape index (κ1) is 15.6. The minimum absolute atomic E-state index is 0.00781. The Hall–Kier alpha value is -1.76. The lowest BCUT2D eigenvalue weighted by atomic mass is 9.97. The van der Waals surface area contributed by atoms with Crippen molar-refractivity contribution in [1.82, 2.24) is 9.88 Å². The van der Waals surface area contributed by atoms with Crippen molar-refractivity contribution in [1.29, 1.82) is 0 Å². The Labute approximate surface area is 127 Å². The molecule has 0 saturated carbocycles. The van der Waals surface area contributed by atoms with Crippen LogP contribution in [-0.2, 0) is 14.3 Å². The first-order valence-electron chi connectivity index (χ1n) is 6.89. The molecule has 0 aromatic carbocycles. The van der Waals surface area contributed by atoms with Crippen LogP contribution in [0.2, 0.25) is 0 Å². The third-order valence-electron chi connectivity index (χ3n) is 3.63. The van der Waals surface area contributed by atoms with Crippen LogP contribution in [0, 0.1) is 0 Å². The fourth-order valence-corrected chi connectivity index (χ4v) is 3.32. The van der Waals surface area contributed by atoms with Crippen molar-refractivity contribution < 1.29 is 19.1 Å². The number of likely N-dealkylation sites (tertiary alicyclic amines) is 1. The minimum Gasteiger partial charge on any atom is -0.469 e. The zero-order valence-electron chi connectivity index (χ0n) is 11.9. The van der Waals surface area contributed by atoms with E-state index in [4.69, 9.17) is 0 Å². The molecular weight excluding hydrogens is 292 g/mol. The molecule has 0 aliphatic carbocycles. The maximum atomic E-state index is 12.0. The van der Waals surface area contributed by atoms with E-state index < -0.39 is 0 Å². The molecule has 1 aliphatic heterocycles. The number of hydrogen-bond donors (Lipinski definition) is 0. The summed E-state index contributed by atoms with van der Waals surface area (Å²) < 4.78 is 4.53. The van der Waals surface area contributed by atoms with Crippen molar-refractivity contribution >= 4 is 29.5 Å². The molecular formula is C14H18N2O4S. The summed E-state index contributed by atoms with van der Waals surface area (Å²) in [4.78, 5) is 39.7. The Bertz CT molecular complexity index is 521. The molecule has 0 N–H and O–H groups in total. The molecule has 1 aliphatic rings. The molecule has 1 saturated heterocycles. The molecule has 1 fully saturated rings. The normalized spacial score (nSPS) is 15.8. The van der Waals surface area contributed by atoms with E-state index in [0.717, 1.165) is 24.1 Å². The smallest absolute Gasteiger partial charge is 0.306 e. The summed E-state index contributed by atoms with van der Waals surface area (Å²) in [7, 11) is 1.32. The van der Waals surface area contributed by atoms with Crippen molar-refractivity contribution in [2.75, 3.05) is 20.2 Å².